The quantitative estimate of drug-likeness (QED) is 0.196. The van der Waals surface area contributed by atoms with Crippen molar-refractivity contribution in [2.24, 2.45) is 0 Å². The number of nitrogen functional groups attached to an aromatic ring is 1. The van der Waals surface area contributed by atoms with Gasteiger partial charge in [0.2, 0.25) is 0 Å². The summed E-state index contributed by atoms with van der Waals surface area (Å²) in [6.45, 7) is 4.62. The van der Waals surface area contributed by atoms with Gasteiger partial charge in [0.25, 0.3) is 5.91 Å². The van der Waals surface area contributed by atoms with Gasteiger partial charge >= 0.3 is 0 Å². The van der Waals surface area contributed by atoms with Gasteiger partial charge in [-0.3, -0.25) is 10.2 Å². The van der Waals surface area contributed by atoms with Crippen LogP contribution in [0.25, 0.3) is 0 Å². The van der Waals surface area contributed by atoms with Crippen molar-refractivity contribution >= 4 is 23.3 Å². The van der Waals surface area contributed by atoms with Gasteiger partial charge < -0.3 is 25.4 Å². The van der Waals surface area contributed by atoms with Crippen LogP contribution in [0.15, 0.2) is 61.2 Å². The molecule has 0 bridgehead atoms. The molecule has 5 rings (SSSR count). The Balaban J connectivity index is 1.26. The number of benzene rings is 2. The minimum atomic E-state index is -0.515. The van der Waals surface area contributed by atoms with E-state index in [4.69, 9.17) is 20.6 Å². The number of aromatic nitrogens is 4. The molecule has 0 spiro atoms. The summed E-state index contributed by atoms with van der Waals surface area (Å²) in [4.78, 5) is 30.5. The summed E-state index contributed by atoms with van der Waals surface area (Å²) in [5.41, 5.74) is 7.93. The summed E-state index contributed by atoms with van der Waals surface area (Å²) in [6.07, 6.45) is 5.34. The van der Waals surface area contributed by atoms with E-state index in [1.807, 2.05) is 0 Å². The molecule has 1 amide bonds. The Hall–Kier alpha value is -5.57. The van der Waals surface area contributed by atoms with Gasteiger partial charge in [-0.2, -0.15) is 0 Å². The fourth-order valence-electron chi connectivity index (χ4n) is 4.51. The third-order valence-electron chi connectivity index (χ3n) is 6.64. The molecular weight excluding hydrogens is 551 g/mol. The lowest BCUT2D eigenvalue weighted by Crippen LogP contribution is -2.31. The van der Waals surface area contributed by atoms with Crippen LogP contribution in [0.4, 0.5) is 16.0 Å². The lowest BCUT2D eigenvalue weighted by molar-refractivity contribution is -0.124. The molecule has 4 aromatic rings. The van der Waals surface area contributed by atoms with Crippen LogP contribution in [0.5, 0.6) is 17.2 Å². The second-order valence-corrected chi connectivity index (χ2v) is 9.79. The Morgan fingerprint density at radius 3 is 2.60 bits per heavy atom. The largest absolute Gasteiger partial charge is 0.489 e. The van der Waals surface area contributed by atoms with Gasteiger partial charge in [0.15, 0.2) is 0 Å². The number of hydrogen-bond acceptors (Lipinski definition) is 10. The normalized spacial score (nSPS) is 14.0. The predicted octanol–water partition coefficient (Wildman–Crippen LogP) is 4.12. The zero-order valence-corrected chi connectivity index (χ0v) is 23.6. The number of rotatable bonds is 9. The van der Waals surface area contributed by atoms with Crippen LogP contribution in [0.1, 0.15) is 35.9 Å². The van der Waals surface area contributed by atoms with E-state index >= 15 is 0 Å². The molecule has 218 valence electrons. The molecule has 0 saturated carbocycles. The third-order valence-corrected chi connectivity index (χ3v) is 6.64. The molecule has 12 heteroatoms. The maximum Gasteiger partial charge on any atom is 0.298 e. The average Bonchev–Trinajstić information content (AvgIpc) is 3.46. The SMILES string of the molecule is CC#CC(=O)N1CCC(Nc2ncnc(N)c2C(=N)c2ccc(Oc3cc(F)cc(OCc4cnc(C)nc4)c3)cc2)C1. The summed E-state index contributed by atoms with van der Waals surface area (Å²) in [5.74, 6) is 6.64. The smallest absolute Gasteiger partial charge is 0.298 e. The number of nitrogens with two attached hydrogens (primary N) is 1. The van der Waals surface area contributed by atoms with Gasteiger partial charge in [-0.05, 0) is 50.5 Å². The van der Waals surface area contributed by atoms with Gasteiger partial charge in [-0.1, -0.05) is 5.92 Å². The lowest BCUT2D eigenvalue weighted by atomic mass is 10.0. The number of ether oxygens (including phenoxy) is 2. The van der Waals surface area contributed by atoms with Crippen LogP contribution >= 0.6 is 0 Å². The first kappa shape index (κ1) is 28.9. The highest BCUT2D eigenvalue weighted by Crippen LogP contribution is 2.29. The molecule has 2 aromatic carbocycles. The molecule has 1 fully saturated rings. The molecule has 3 heterocycles. The number of nitrogens with one attached hydrogen (secondary N) is 2. The molecule has 1 aliphatic rings. The summed E-state index contributed by atoms with van der Waals surface area (Å²) in [5, 5.41) is 12.2. The molecule has 1 atom stereocenters. The number of nitrogens with zero attached hydrogens (tertiary/aromatic N) is 5. The minimum Gasteiger partial charge on any atom is -0.489 e. The summed E-state index contributed by atoms with van der Waals surface area (Å²) < 4.78 is 25.9. The highest BCUT2D eigenvalue weighted by Gasteiger charge is 2.27. The van der Waals surface area contributed by atoms with E-state index in [1.165, 1.54) is 18.5 Å². The second-order valence-electron chi connectivity index (χ2n) is 9.79. The fraction of sp³-hybridized carbons (Fsp3) is 0.226. The van der Waals surface area contributed by atoms with Gasteiger partial charge in [-0.25, -0.2) is 24.3 Å². The molecule has 0 radical (unpaired) electrons. The van der Waals surface area contributed by atoms with Crippen LogP contribution in [0, 0.1) is 30.0 Å². The molecule has 11 nitrogen and oxygen atoms in total. The van der Waals surface area contributed by atoms with Crippen molar-refractivity contribution in [3.05, 3.63) is 89.5 Å². The van der Waals surface area contributed by atoms with Gasteiger partial charge in [-0.15, -0.1) is 0 Å². The third kappa shape index (κ3) is 7.20. The van der Waals surface area contributed by atoms with Gasteiger partial charge in [0.05, 0.1) is 11.3 Å². The minimum absolute atomic E-state index is 0.0791. The summed E-state index contributed by atoms with van der Waals surface area (Å²) in [6, 6.07) is 10.8. The first-order valence-electron chi connectivity index (χ1n) is 13.5. The van der Waals surface area contributed by atoms with Crippen LogP contribution in [0.3, 0.4) is 0 Å². The number of halogens is 1. The molecule has 2 aromatic heterocycles. The van der Waals surface area contributed by atoms with Crippen molar-refractivity contribution in [1.82, 2.24) is 24.8 Å². The zero-order valence-electron chi connectivity index (χ0n) is 23.6. The topological polar surface area (TPSA) is 152 Å². The average molecular weight is 581 g/mol. The number of likely N-dealkylation sites (tertiary alicyclic amines) is 1. The van der Waals surface area contributed by atoms with E-state index < -0.39 is 5.82 Å². The summed E-state index contributed by atoms with van der Waals surface area (Å²) >= 11 is 0. The Morgan fingerprint density at radius 1 is 1.12 bits per heavy atom. The zero-order chi connectivity index (χ0) is 30.3. The van der Waals surface area contributed by atoms with E-state index in [0.717, 1.165) is 5.56 Å². The Kier molecular flexibility index (Phi) is 8.71. The monoisotopic (exact) mass is 580 g/mol. The first-order valence-corrected chi connectivity index (χ1v) is 13.5. The Bertz CT molecular complexity index is 1700. The van der Waals surface area contributed by atoms with E-state index in [-0.39, 0.29) is 35.8 Å². The number of anilines is 2. The van der Waals surface area contributed by atoms with Crippen molar-refractivity contribution in [3.8, 4) is 29.1 Å². The van der Waals surface area contributed by atoms with Crippen molar-refractivity contribution in [2.45, 2.75) is 32.9 Å². The highest BCUT2D eigenvalue weighted by molar-refractivity contribution is 6.16. The van der Waals surface area contributed by atoms with Crippen molar-refractivity contribution in [2.75, 3.05) is 24.1 Å². The molecule has 43 heavy (non-hydrogen) atoms. The molecular formula is C31H29FN8O3. The lowest BCUT2D eigenvalue weighted by Gasteiger charge is -2.18. The van der Waals surface area contributed by atoms with E-state index in [1.54, 1.807) is 61.5 Å². The highest BCUT2D eigenvalue weighted by atomic mass is 19.1. The standard InChI is InChI=1S/C31H29FN8O3/c1-3-4-27(41)40-10-9-23(16-40)39-31-28(30(34)37-18-38-31)29(33)21-5-7-24(8-6-21)43-26-12-22(32)11-25(13-26)42-17-20-14-35-19(2)36-15-20/h5-8,11-15,18,23,33H,9-10,16-17H2,1-2H3,(H3,34,37,38,39). The molecule has 0 aliphatic carbocycles. The molecule has 4 N–H and O–H groups in total. The van der Waals surface area contributed by atoms with E-state index in [0.29, 0.717) is 53.8 Å². The Morgan fingerprint density at radius 2 is 1.86 bits per heavy atom. The van der Waals surface area contributed by atoms with Gasteiger partial charge in [0, 0.05) is 60.9 Å². The number of aryl methyl sites for hydroxylation is 1. The molecule has 1 saturated heterocycles. The molecule has 1 aliphatic heterocycles. The van der Waals surface area contributed by atoms with Crippen molar-refractivity contribution < 1.29 is 18.7 Å². The van der Waals surface area contributed by atoms with Crippen LogP contribution in [-0.2, 0) is 11.4 Å². The second kappa shape index (κ2) is 12.9. The van der Waals surface area contributed by atoms with Crippen LogP contribution in [-0.4, -0.2) is 55.6 Å². The van der Waals surface area contributed by atoms with E-state index in [2.05, 4.69) is 37.1 Å². The maximum atomic E-state index is 14.3. The van der Waals surface area contributed by atoms with Crippen molar-refractivity contribution in [3.63, 3.8) is 0 Å². The van der Waals surface area contributed by atoms with E-state index in [9.17, 15) is 9.18 Å². The van der Waals surface area contributed by atoms with Crippen LogP contribution < -0.4 is 20.5 Å². The first-order chi connectivity index (χ1) is 20.8. The van der Waals surface area contributed by atoms with Crippen LogP contribution in [0.2, 0.25) is 0 Å². The number of hydrogen-bond donors (Lipinski definition) is 3. The number of carbonyl (C=O) groups is 1. The predicted molar refractivity (Wildman–Crippen MR) is 158 cm³/mol. The van der Waals surface area contributed by atoms with Crippen molar-refractivity contribution in [1.29, 1.82) is 5.41 Å². The fourth-order valence-corrected chi connectivity index (χ4v) is 4.51. The molecule has 1 unspecified atom stereocenters. The Labute approximate surface area is 247 Å². The summed E-state index contributed by atoms with van der Waals surface area (Å²) in [7, 11) is 0. The maximum absolute atomic E-state index is 14.3. The number of carbonyl (C=O) groups excluding carboxylic acids is 1. The number of amides is 1. The van der Waals surface area contributed by atoms with Gasteiger partial charge in [0.1, 0.15) is 53.5 Å².